The van der Waals surface area contributed by atoms with Crippen LogP contribution >= 0.6 is 0 Å². The summed E-state index contributed by atoms with van der Waals surface area (Å²) >= 11 is 0. The summed E-state index contributed by atoms with van der Waals surface area (Å²) in [5, 5.41) is 18.4. The molecule has 0 atom stereocenters. The summed E-state index contributed by atoms with van der Waals surface area (Å²) in [6, 6.07) is 9.26. The molecule has 0 bridgehead atoms. The van der Waals surface area contributed by atoms with Crippen LogP contribution in [0.3, 0.4) is 0 Å². The van der Waals surface area contributed by atoms with E-state index in [4.69, 9.17) is 9.47 Å². The number of fused-ring (bicyclic) bond motifs is 2. The van der Waals surface area contributed by atoms with E-state index in [-0.39, 0.29) is 22.4 Å². The Balaban J connectivity index is 0.000000151. The van der Waals surface area contributed by atoms with Crippen molar-refractivity contribution in [2.24, 2.45) is 0 Å². The van der Waals surface area contributed by atoms with Crippen LogP contribution in [0.2, 0.25) is 0 Å². The molecule has 26 heavy (non-hydrogen) atoms. The number of aromatic hydroxyl groups is 2. The first-order valence-corrected chi connectivity index (χ1v) is 8.53. The van der Waals surface area contributed by atoms with E-state index in [1.165, 1.54) is 18.2 Å². The van der Waals surface area contributed by atoms with Crippen LogP contribution in [-0.2, 0) is 12.8 Å². The molecule has 0 spiro atoms. The first-order chi connectivity index (χ1) is 12.6. The molecule has 0 radical (unpaired) electrons. The van der Waals surface area contributed by atoms with Gasteiger partial charge in [0.1, 0.15) is 11.5 Å². The fraction of sp³-hybridized carbons (Fsp3) is 0.300. The largest absolute Gasteiger partial charge is 0.504 e. The fourth-order valence-corrected chi connectivity index (χ4v) is 2.89. The molecular formula is C20H20O6. The van der Waals surface area contributed by atoms with E-state index in [2.05, 4.69) is 0 Å². The van der Waals surface area contributed by atoms with Gasteiger partial charge in [0.05, 0.1) is 13.2 Å². The second-order valence-corrected chi connectivity index (χ2v) is 6.10. The second-order valence-electron chi connectivity index (χ2n) is 6.10. The van der Waals surface area contributed by atoms with Crippen LogP contribution in [0.1, 0.15) is 24.0 Å². The average molecular weight is 356 g/mol. The van der Waals surface area contributed by atoms with Crippen molar-refractivity contribution in [1.82, 2.24) is 0 Å². The average Bonchev–Trinajstić information content (AvgIpc) is 2.89. The van der Waals surface area contributed by atoms with Crippen molar-refractivity contribution in [3.8, 4) is 23.0 Å². The molecule has 2 aliphatic rings. The molecule has 0 aliphatic carbocycles. The van der Waals surface area contributed by atoms with Crippen LogP contribution in [0, 0.1) is 0 Å². The minimum absolute atomic E-state index is 0.202. The normalized spacial score (nSPS) is 14.5. The molecule has 0 aromatic heterocycles. The lowest BCUT2D eigenvalue weighted by molar-refractivity contribution is 0.288. The molecule has 4 rings (SSSR count). The minimum Gasteiger partial charge on any atom is -0.504 e. The molecule has 2 aromatic carbocycles. The van der Waals surface area contributed by atoms with Crippen molar-refractivity contribution in [1.29, 1.82) is 0 Å². The van der Waals surface area contributed by atoms with Crippen LogP contribution < -0.4 is 20.3 Å². The Hall–Kier alpha value is -3.02. The van der Waals surface area contributed by atoms with Gasteiger partial charge in [0.15, 0.2) is 11.5 Å². The number of hydrogen-bond donors (Lipinski definition) is 2. The fourth-order valence-electron chi connectivity index (χ4n) is 2.89. The van der Waals surface area contributed by atoms with E-state index in [0.29, 0.717) is 36.7 Å². The zero-order chi connectivity index (χ0) is 18.5. The molecule has 6 heteroatoms. The van der Waals surface area contributed by atoms with Crippen LogP contribution in [0.25, 0.3) is 0 Å². The maximum absolute atomic E-state index is 11.5. The van der Waals surface area contributed by atoms with Crippen molar-refractivity contribution in [2.75, 3.05) is 13.2 Å². The molecule has 2 aliphatic heterocycles. The highest BCUT2D eigenvalue weighted by Crippen LogP contribution is 2.23. The van der Waals surface area contributed by atoms with Crippen LogP contribution in [0.4, 0.5) is 0 Å². The van der Waals surface area contributed by atoms with Gasteiger partial charge >= 0.3 is 0 Å². The standard InChI is InChI=1S/2C10H10O3/c11-8-4-1-5-9-7(10(8)12)3-2-6-13-9;11-8-4-3-7-2-1-5-13-10(7)6-9(8)12/h1,4-5H,2-3,6H2,(H,11,12);3-4,6H,1-2,5H2,(H,11,12). The van der Waals surface area contributed by atoms with E-state index in [1.807, 2.05) is 0 Å². The van der Waals surface area contributed by atoms with Crippen LogP contribution in [0.15, 0.2) is 46.0 Å². The van der Waals surface area contributed by atoms with Gasteiger partial charge in [-0.2, -0.15) is 0 Å². The quantitative estimate of drug-likeness (QED) is 0.751. The predicted molar refractivity (Wildman–Crippen MR) is 96.4 cm³/mol. The van der Waals surface area contributed by atoms with Gasteiger partial charge in [0.25, 0.3) is 0 Å². The van der Waals surface area contributed by atoms with Crippen LogP contribution in [0.5, 0.6) is 23.0 Å². The summed E-state index contributed by atoms with van der Waals surface area (Å²) in [4.78, 5) is 22.6. The van der Waals surface area contributed by atoms with E-state index in [0.717, 1.165) is 24.8 Å². The third-order valence-corrected chi connectivity index (χ3v) is 4.26. The molecule has 136 valence electrons. The van der Waals surface area contributed by atoms with Gasteiger partial charge in [-0.05, 0) is 49.4 Å². The van der Waals surface area contributed by atoms with Gasteiger partial charge < -0.3 is 19.7 Å². The Morgan fingerprint density at radius 2 is 1.54 bits per heavy atom. The third-order valence-electron chi connectivity index (χ3n) is 4.26. The van der Waals surface area contributed by atoms with Gasteiger partial charge in [0.2, 0.25) is 10.9 Å². The Morgan fingerprint density at radius 3 is 2.35 bits per heavy atom. The topological polar surface area (TPSA) is 93.1 Å². The monoisotopic (exact) mass is 356 g/mol. The molecular weight excluding hydrogens is 336 g/mol. The molecule has 2 heterocycles. The van der Waals surface area contributed by atoms with Gasteiger partial charge in [-0.25, -0.2) is 0 Å². The Labute approximate surface area is 150 Å². The molecule has 2 aromatic rings. The lowest BCUT2D eigenvalue weighted by Gasteiger charge is -2.13. The highest BCUT2D eigenvalue weighted by Gasteiger charge is 2.13. The molecule has 0 amide bonds. The number of ether oxygens (including phenoxy) is 2. The summed E-state index contributed by atoms with van der Waals surface area (Å²) in [6.07, 6.45) is 3.40. The molecule has 0 unspecified atom stereocenters. The number of rotatable bonds is 0. The molecule has 0 saturated heterocycles. The van der Waals surface area contributed by atoms with Crippen molar-refractivity contribution < 1.29 is 19.7 Å². The molecule has 6 nitrogen and oxygen atoms in total. The molecule has 0 saturated carbocycles. The summed E-state index contributed by atoms with van der Waals surface area (Å²) < 4.78 is 10.6. The SMILES string of the molecule is O=c1c(O)cccc2c1CCCO2.O=c1cc2c(ccc1O)CCCO2. The zero-order valence-corrected chi connectivity index (χ0v) is 14.2. The third kappa shape index (κ3) is 3.96. The van der Waals surface area contributed by atoms with E-state index < -0.39 is 0 Å². The van der Waals surface area contributed by atoms with Gasteiger partial charge in [-0.1, -0.05) is 12.1 Å². The highest BCUT2D eigenvalue weighted by atomic mass is 16.5. The Bertz CT molecular complexity index is 921. The molecule has 0 fully saturated rings. The maximum atomic E-state index is 11.5. The van der Waals surface area contributed by atoms with E-state index >= 15 is 0 Å². The van der Waals surface area contributed by atoms with Gasteiger partial charge in [-0.15, -0.1) is 0 Å². The van der Waals surface area contributed by atoms with Crippen molar-refractivity contribution in [3.63, 3.8) is 0 Å². The smallest absolute Gasteiger partial charge is 0.226 e. The van der Waals surface area contributed by atoms with Gasteiger partial charge in [-0.3, -0.25) is 9.59 Å². The second kappa shape index (κ2) is 7.91. The van der Waals surface area contributed by atoms with Crippen LogP contribution in [-0.4, -0.2) is 23.4 Å². The highest BCUT2D eigenvalue weighted by molar-refractivity contribution is 5.38. The van der Waals surface area contributed by atoms with Crippen molar-refractivity contribution in [2.45, 2.75) is 25.7 Å². The van der Waals surface area contributed by atoms with Crippen molar-refractivity contribution >= 4 is 0 Å². The lowest BCUT2D eigenvalue weighted by Crippen LogP contribution is -2.15. The zero-order valence-electron chi connectivity index (χ0n) is 14.2. The first kappa shape index (κ1) is 17.8. The maximum Gasteiger partial charge on any atom is 0.226 e. The van der Waals surface area contributed by atoms with E-state index in [1.54, 1.807) is 18.2 Å². The van der Waals surface area contributed by atoms with Gasteiger partial charge in [0, 0.05) is 11.6 Å². The Morgan fingerprint density at radius 1 is 0.808 bits per heavy atom. The summed E-state index contributed by atoms with van der Waals surface area (Å²) in [7, 11) is 0. The van der Waals surface area contributed by atoms with Crippen molar-refractivity contribution in [3.05, 3.63) is 68.0 Å². The predicted octanol–water partition coefficient (Wildman–Crippen LogP) is 2.15. The minimum atomic E-state index is -0.386. The summed E-state index contributed by atoms with van der Waals surface area (Å²) in [5.74, 6) is 0.790. The Kier molecular flexibility index (Phi) is 5.41. The summed E-state index contributed by atoms with van der Waals surface area (Å²) in [5.41, 5.74) is 0.889. The molecule has 2 N–H and O–H groups in total. The number of hydrogen-bond acceptors (Lipinski definition) is 6. The number of aryl methyl sites for hydroxylation is 1. The lowest BCUT2D eigenvalue weighted by atomic mass is 10.1. The first-order valence-electron chi connectivity index (χ1n) is 8.53. The van der Waals surface area contributed by atoms with E-state index in [9.17, 15) is 19.8 Å². The summed E-state index contributed by atoms with van der Waals surface area (Å²) in [6.45, 7) is 1.30.